The highest BCUT2D eigenvalue weighted by Crippen LogP contribution is 2.43. The highest BCUT2D eigenvalue weighted by Gasteiger charge is 2.47. The SMILES string of the molecule is Cc1ccc(N2C(=O)C(=O)/C(=C(/O)c3ccccc3)[C@H]2c2ccc(O)cc2)cc1Cl. The summed E-state index contributed by atoms with van der Waals surface area (Å²) >= 11 is 6.27. The molecule has 150 valence electrons. The zero-order chi connectivity index (χ0) is 21.4. The summed E-state index contributed by atoms with van der Waals surface area (Å²) in [5, 5.41) is 21.1. The molecule has 0 radical (unpaired) electrons. The van der Waals surface area contributed by atoms with Crippen molar-refractivity contribution in [2.75, 3.05) is 4.90 Å². The Labute approximate surface area is 178 Å². The van der Waals surface area contributed by atoms with Gasteiger partial charge < -0.3 is 10.2 Å². The first kappa shape index (κ1) is 19.7. The highest BCUT2D eigenvalue weighted by molar-refractivity contribution is 6.51. The second-order valence-electron chi connectivity index (χ2n) is 7.06. The Hall–Kier alpha value is -3.57. The summed E-state index contributed by atoms with van der Waals surface area (Å²) in [4.78, 5) is 27.4. The Kier molecular flexibility index (Phi) is 5.06. The molecule has 0 unspecified atom stereocenters. The van der Waals surface area contributed by atoms with Crippen LogP contribution in [0.2, 0.25) is 5.02 Å². The van der Waals surface area contributed by atoms with E-state index in [1.54, 1.807) is 60.7 Å². The van der Waals surface area contributed by atoms with Crippen molar-refractivity contribution in [1.82, 2.24) is 0 Å². The van der Waals surface area contributed by atoms with E-state index in [2.05, 4.69) is 0 Å². The molecule has 6 heteroatoms. The normalized spacial score (nSPS) is 18.1. The second kappa shape index (κ2) is 7.69. The van der Waals surface area contributed by atoms with Crippen LogP contribution < -0.4 is 4.90 Å². The van der Waals surface area contributed by atoms with Crippen LogP contribution in [0.4, 0.5) is 5.69 Å². The van der Waals surface area contributed by atoms with Crippen molar-refractivity contribution < 1.29 is 19.8 Å². The molecule has 1 aliphatic heterocycles. The van der Waals surface area contributed by atoms with Gasteiger partial charge in [-0.1, -0.05) is 60.1 Å². The Balaban J connectivity index is 1.95. The number of aliphatic hydroxyl groups is 1. The lowest BCUT2D eigenvalue weighted by atomic mass is 9.95. The van der Waals surface area contributed by atoms with Gasteiger partial charge in [0.05, 0.1) is 11.6 Å². The predicted molar refractivity (Wildman–Crippen MR) is 116 cm³/mol. The monoisotopic (exact) mass is 419 g/mol. The van der Waals surface area contributed by atoms with Crippen LogP contribution in [0.25, 0.3) is 5.76 Å². The van der Waals surface area contributed by atoms with Crippen molar-refractivity contribution in [3.63, 3.8) is 0 Å². The lowest BCUT2D eigenvalue weighted by Gasteiger charge is -2.26. The number of hydrogen-bond donors (Lipinski definition) is 2. The van der Waals surface area contributed by atoms with E-state index in [1.165, 1.54) is 17.0 Å². The number of carbonyl (C=O) groups is 2. The predicted octanol–water partition coefficient (Wildman–Crippen LogP) is 4.98. The fourth-order valence-electron chi connectivity index (χ4n) is 3.55. The minimum atomic E-state index is -0.871. The number of phenolic OH excluding ortho intramolecular Hbond substituents is 1. The number of anilines is 1. The maximum absolute atomic E-state index is 13.0. The van der Waals surface area contributed by atoms with Gasteiger partial charge in [0.15, 0.2) is 0 Å². The quantitative estimate of drug-likeness (QED) is 0.356. The molecule has 1 atom stereocenters. The first-order chi connectivity index (χ1) is 14.4. The molecule has 5 nitrogen and oxygen atoms in total. The molecule has 1 heterocycles. The molecular formula is C24H18ClNO4. The molecule has 30 heavy (non-hydrogen) atoms. The summed E-state index contributed by atoms with van der Waals surface area (Å²) in [5.41, 5.74) is 2.26. The van der Waals surface area contributed by atoms with Gasteiger partial charge in [0.25, 0.3) is 11.7 Å². The summed E-state index contributed by atoms with van der Waals surface area (Å²) < 4.78 is 0. The first-order valence-electron chi connectivity index (χ1n) is 9.30. The fourth-order valence-corrected chi connectivity index (χ4v) is 3.73. The maximum atomic E-state index is 13.0. The highest BCUT2D eigenvalue weighted by atomic mass is 35.5. The van der Waals surface area contributed by atoms with Crippen LogP contribution in [0, 0.1) is 6.92 Å². The van der Waals surface area contributed by atoms with E-state index in [1.807, 2.05) is 6.92 Å². The van der Waals surface area contributed by atoms with Gasteiger partial charge in [0, 0.05) is 16.3 Å². The zero-order valence-electron chi connectivity index (χ0n) is 16.0. The largest absolute Gasteiger partial charge is 0.508 e. The number of hydrogen-bond acceptors (Lipinski definition) is 4. The molecule has 3 aromatic carbocycles. The van der Waals surface area contributed by atoms with Gasteiger partial charge >= 0.3 is 0 Å². The minimum absolute atomic E-state index is 0.0198. The third kappa shape index (κ3) is 3.33. The van der Waals surface area contributed by atoms with E-state index in [0.29, 0.717) is 21.8 Å². The van der Waals surface area contributed by atoms with Crippen molar-refractivity contribution >= 4 is 34.7 Å². The summed E-state index contributed by atoms with van der Waals surface area (Å²) in [6, 6.07) is 19.0. The topological polar surface area (TPSA) is 77.8 Å². The number of benzene rings is 3. The van der Waals surface area contributed by atoms with Crippen LogP contribution >= 0.6 is 11.6 Å². The lowest BCUT2D eigenvalue weighted by Crippen LogP contribution is -2.29. The second-order valence-corrected chi connectivity index (χ2v) is 7.47. The van der Waals surface area contributed by atoms with Crippen LogP contribution in [-0.2, 0) is 9.59 Å². The van der Waals surface area contributed by atoms with Gasteiger partial charge in [-0.25, -0.2) is 0 Å². The number of amides is 1. The standard InChI is InChI=1S/C24H18ClNO4/c1-14-7-10-17(13-19(14)25)26-21(15-8-11-18(27)12-9-15)20(23(29)24(26)30)22(28)16-5-3-2-4-6-16/h2-13,21,27-28H,1H3/b22-20+/t21-/m1/s1. The molecule has 1 saturated heterocycles. The van der Waals surface area contributed by atoms with Crippen molar-refractivity contribution in [3.8, 4) is 5.75 Å². The molecular weight excluding hydrogens is 402 g/mol. The number of Topliss-reactive ketones (excluding diaryl/α,β-unsaturated/α-hetero) is 1. The molecule has 1 aliphatic rings. The van der Waals surface area contributed by atoms with Gasteiger partial charge in [-0.15, -0.1) is 0 Å². The number of nitrogens with zero attached hydrogens (tertiary/aromatic N) is 1. The van der Waals surface area contributed by atoms with E-state index in [-0.39, 0.29) is 17.1 Å². The van der Waals surface area contributed by atoms with Gasteiger partial charge in [-0.2, -0.15) is 0 Å². The van der Waals surface area contributed by atoms with Crippen LogP contribution in [0.1, 0.15) is 22.7 Å². The Morgan fingerprint density at radius 3 is 2.27 bits per heavy atom. The maximum Gasteiger partial charge on any atom is 0.300 e. The van der Waals surface area contributed by atoms with Crippen molar-refractivity contribution in [1.29, 1.82) is 0 Å². The minimum Gasteiger partial charge on any atom is -0.508 e. The van der Waals surface area contributed by atoms with Crippen molar-refractivity contribution in [3.05, 3.63) is 100 Å². The van der Waals surface area contributed by atoms with Crippen LogP contribution in [0.15, 0.2) is 78.4 Å². The van der Waals surface area contributed by atoms with Gasteiger partial charge in [-0.3, -0.25) is 14.5 Å². The molecule has 4 rings (SSSR count). The number of carbonyl (C=O) groups excluding carboxylic acids is 2. The number of ketones is 1. The van der Waals surface area contributed by atoms with E-state index in [9.17, 15) is 19.8 Å². The van der Waals surface area contributed by atoms with Crippen LogP contribution in [0.5, 0.6) is 5.75 Å². The molecule has 1 fully saturated rings. The zero-order valence-corrected chi connectivity index (χ0v) is 16.8. The number of halogens is 1. The summed E-state index contributed by atoms with van der Waals surface area (Å²) in [5.74, 6) is -1.75. The third-order valence-electron chi connectivity index (χ3n) is 5.13. The van der Waals surface area contributed by atoms with Gasteiger partial charge in [-0.05, 0) is 42.3 Å². The molecule has 0 aliphatic carbocycles. The Morgan fingerprint density at radius 2 is 1.63 bits per heavy atom. The average Bonchev–Trinajstić information content (AvgIpc) is 3.01. The van der Waals surface area contributed by atoms with Crippen molar-refractivity contribution in [2.45, 2.75) is 13.0 Å². The fraction of sp³-hybridized carbons (Fsp3) is 0.0833. The lowest BCUT2D eigenvalue weighted by molar-refractivity contribution is -0.132. The number of aryl methyl sites for hydroxylation is 1. The smallest absolute Gasteiger partial charge is 0.300 e. The molecule has 0 saturated carbocycles. The van der Waals surface area contributed by atoms with Gasteiger partial charge in [0.1, 0.15) is 11.5 Å². The number of rotatable bonds is 3. The molecule has 0 aromatic heterocycles. The summed E-state index contributed by atoms with van der Waals surface area (Å²) in [6.07, 6.45) is 0. The summed E-state index contributed by atoms with van der Waals surface area (Å²) in [6.45, 7) is 1.84. The number of phenols is 1. The van der Waals surface area contributed by atoms with Gasteiger partial charge in [0.2, 0.25) is 0 Å². The van der Waals surface area contributed by atoms with E-state index in [0.717, 1.165) is 5.56 Å². The van der Waals surface area contributed by atoms with Crippen molar-refractivity contribution in [2.24, 2.45) is 0 Å². The van der Waals surface area contributed by atoms with E-state index in [4.69, 9.17) is 11.6 Å². The number of aromatic hydroxyl groups is 1. The van der Waals surface area contributed by atoms with E-state index >= 15 is 0 Å². The van der Waals surface area contributed by atoms with Crippen LogP contribution in [0.3, 0.4) is 0 Å². The molecule has 0 spiro atoms. The first-order valence-corrected chi connectivity index (χ1v) is 9.68. The molecule has 0 bridgehead atoms. The molecule has 3 aromatic rings. The Bertz CT molecular complexity index is 1170. The third-order valence-corrected chi connectivity index (χ3v) is 5.54. The van der Waals surface area contributed by atoms with Crippen LogP contribution in [-0.4, -0.2) is 21.9 Å². The Morgan fingerprint density at radius 1 is 0.967 bits per heavy atom. The molecule has 2 N–H and O–H groups in total. The average molecular weight is 420 g/mol. The summed E-state index contributed by atoms with van der Waals surface area (Å²) in [7, 11) is 0. The number of aliphatic hydroxyl groups excluding tert-OH is 1. The van der Waals surface area contributed by atoms with E-state index < -0.39 is 17.7 Å². The molecule has 1 amide bonds.